The molecule has 0 saturated carbocycles. The zero-order valence-corrected chi connectivity index (χ0v) is 8.23. The summed E-state index contributed by atoms with van der Waals surface area (Å²) in [4.78, 5) is 0. The van der Waals surface area contributed by atoms with Crippen molar-refractivity contribution in [1.82, 2.24) is 0 Å². The summed E-state index contributed by atoms with van der Waals surface area (Å²) in [6, 6.07) is 3.19. The van der Waals surface area contributed by atoms with Gasteiger partial charge >= 0.3 is 0 Å². The first-order chi connectivity index (χ1) is 6.06. The van der Waals surface area contributed by atoms with E-state index >= 15 is 0 Å². The molecular formula is C8H9Cl2N3. The van der Waals surface area contributed by atoms with Gasteiger partial charge in [0, 0.05) is 16.6 Å². The maximum atomic E-state index is 5.86. The summed E-state index contributed by atoms with van der Waals surface area (Å²) in [5, 5.41) is 2.07. The normalized spacial score (nSPS) is 11.7. The Hall–Kier alpha value is -1.06. The number of halogens is 2. The molecule has 1 rings (SSSR count). The van der Waals surface area contributed by atoms with Gasteiger partial charge in [0.25, 0.3) is 0 Å². The number of rotatable bonds is 0. The molecule has 1 aromatic rings. The van der Waals surface area contributed by atoms with E-state index in [9.17, 15) is 0 Å². The van der Waals surface area contributed by atoms with Crippen LogP contribution in [-0.2, 0) is 0 Å². The molecule has 0 radical (unpaired) electrons. The van der Waals surface area contributed by atoms with Gasteiger partial charge in [0.1, 0.15) is 5.82 Å². The predicted octanol–water partition coefficient (Wildman–Crippen LogP) is -0.327. The molecular weight excluding hydrogens is 209 g/mol. The molecule has 70 valence electrons. The van der Waals surface area contributed by atoms with Crippen LogP contribution in [0.15, 0.2) is 12.1 Å². The van der Waals surface area contributed by atoms with Gasteiger partial charge in [-0.25, -0.2) is 0 Å². The Morgan fingerprint density at radius 2 is 1.77 bits per heavy atom. The van der Waals surface area contributed by atoms with Crippen LogP contribution in [0, 0.1) is 0 Å². The molecule has 1 aromatic carbocycles. The summed E-state index contributed by atoms with van der Waals surface area (Å²) in [5.74, 6) is 0.135. The van der Waals surface area contributed by atoms with Gasteiger partial charge in [0.2, 0.25) is 0 Å². The minimum Gasteiger partial charge on any atom is -0.404 e. The zero-order valence-electron chi connectivity index (χ0n) is 6.72. The summed E-state index contributed by atoms with van der Waals surface area (Å²) in [6.07, 6.45) is 1.37. The Morgan fingerprint density at radius 3 is 2.23 bits per heavy atom. The van der Waals surface area contributed by atoms with E-state index in [2.05, 4.69) is 0 Å². The molecule has 0 unspecified atom stereocenters. The predicted molar refractivity (Wildman–Crippen MR) is 56.1 cm³/mol. The lowest BCUT2D eigenvalue weighted by molar-refractivity contribution is 1.38. The van der Waals surface area contributed by atoms with Crippen molar-refractivity contribution < 1.29 is 0 Å². The third kappa shape index (κ3) is 1.99. The van der Waals surface area contributed by atoms with E-state index in [0.29, 0.717) is 20.5 Å². The van der Waals surface area contributed by atoms with Crippen LogP contribution in [0.4, 0.5) is 0 Å². The molecule has 0 amide bonds. The van der Waals surface area contributed by atoms with Crippen molar-refractivity contribution in [2.24, 2.45) is 17.2 Å². The number of benzene rings is 1. The van der Waals surface area contributed by atoms with Crippen molar-refractivity contribution in [3.05, 3.63) is 32.6 Å². The molecule has 0 atom stereocenters. The molecule has 0 fully saturated rings. The van der Waals surface area contributed by atoms with E-state index in [-0.39, 0.29) is 5.82 Å². The second-order valence-electron chi connectivity index (χ2n) is 2.48. The lowest BCUT2D eigenvalue weighted by Gasteiger charge is -1.98. The molecule has 0 heterocycles. The lowest BCUT2D eigenvalue weighted by atomic mass is 10.2. The van der Waals surface area contributed by atoms with Crippen molar-refractivity contribution in [2.75, 3.05) is 0 Å². The van der Waals surface area contributed by atoms with Crippen molar-refractivity contribution >= 4 is 35.2 Å². The van der Waals surface area contributed by atoms with Crippen molar-refractivity contribution in [2.45, 2.75) is 0 Å². The van der Waals surface area contributed by atoms with E-state index in [0.717, 1.165) is 0 Å². The molecule has 3 nitrogen and oxygen atoms in total. The van der Waals surface area contributed by atoms with Crippen molar-refractivity contribution in [3.8, 4) is 0 Å². The molecule has 5 heteroatoms. The molecule has 0 aliphatic heterocycles. The summed E-state index contributed by atoms with van der Waals surface area (Å²) >= 11 is 11.7. The number of hydrogen-bond donors (Lipinski definition) is 3. The van der Waals surface area contributed by atoms with E-state index in [1.165, 1.54) is 6.20 Å². The minimum atomic E-state index is 0.135. The average Bonchev–Trinajstić information content (AvgIpc) is 2.07. The SMILES string of the molecule is N/C=c1\cc(Cl)c(=C(N)N)cc1Cl. The van der Waals surface area contributed by atoms with E-state index < -0.39 is 0 Å². The van der Waals surface area contributed by atoms with Crippen molar-refractivity contribution in [1.29, 1.82) is 0 Å². The van der Waals surface area contributed by atoms with Crippen LogP contribution in [0.5, 0.6) is 0 Å². The van der Waals surface area contributed by atoms with E-state index in [1.807, 2.05) is 0 Å². The van der Waals surface area contributed by atoms with Crippen LogP contribution in [0.25, 0.3) is 12.0 Å². The Morgan fingerprint density at radius 1 is 1.15 bits per heavy atom. The third-order valence-corrected chi connectivity index (χ3v) is 2.22. The van der Waals surface area contributed by atoms with Gasteiger partial charge in [-0.15, -0.1) is 0 Å². The summed E-state index contributed by atoms with van der Waals surface area (Å²) in [5.41, 5.74) is 16.1. The first kappa shape index (κ1) is 10.0. The highest BCUT2D eigenvalue weighted by Gasteiger charge is 1.98. The Labute approximate surface area is 85.4 Å². The molecule has 13 heavy (non-hydrogen) atoms. The molecule has 0 bridgehead atoms. The second kappa shape index (κ2) is 3.77. The Kier molecular flexibility index (Phi) is 2.90. The summed E-state index contributed by atoms with van der Waals surface area (Å²) < 4.78 is 0. The first-order valence-corrected chi connectivity index (χ1v) is 4.24. The highest BCUT2D eigenvalue weighted by Crippen LogP contribution is 2.03. The molecule has 0 aliphatic carbocycles. The first-order valence-electron chi connectivity index (χ1n) is 3.48. The Bertz CT molecular complexity index is 435. The number of nitrogens with two attached hydrogens (primary N) is 3. The quantitative estimate of drug-likeness (QED) is 0.558. The topological polar surface area (TPSA) is 78.1 Å². The fourth-order valence-electron chi connectivity index (χ4n) is 0.911. The molecule has 0 spiro atoms. The molecule has 0 aromatic heterocycles. The smallest absolute Gasteiger partial charge is 0.102 e. The van der Waals surface area contributed by atoms with Crippen LogP contribution in [0.3, 0.4) is 0 Å². The number of hydrogen-bond acceptors (Lipinski definition) is 3. The monoisotopic (exact) mass is 217 g/mol. The highest BCUT2D eigenvalue weighted by molar-refractivity contribution is 6.33. The highest BCUT2D eigenvalue weighted by atomic mass is 35.5. The van der Waals surface area contributed by atoms with Crippen LogP contribution >= 0.6 is 23.2 Å². The van der Waals surface area contributed by atoms with Gasteiger partial charge in [-0.1, -0.05) is 23.2 Å². The second-order valence-corrected chi connectivity index (χ2v) is 3.29. The van der Waals surface area contributed by atoms with Gasteiger partial charge in [-0.05, 0) is 12.1 Å². The largest absolute Gasteiger partial charge is 0.404 e. The zero-order chi connectivity index (χ0) is 10.0. The maximum absolute atomic E-state index is 5.86. The fraction of sp³-hybridized carbons (Fsp3) is 0. The van der Waals surface area contributed by atoms with E-state index in [4.69, 9.17) is 40.4 Å². The van der Waals surface area contributed by atoms with E-state index in [1.54, 1.807) is 12.1 Å². The van der Waals surface area contributed by atoms with Crippen LogP contribution in [0.2, 0.25) is 10.0 Å². The van der Waals surface area contributed by atoms with Crippen LogP contribution in [0.1, 0.15) is 0 Å². The fourth-order valence-corrected chi connectivity index (χ4v) is 1.42. The van der Waals surface area contributed by atoms with Gasteiger partial charge in [-0.3, -0.25) is 0 Å². The standard InChI is InChI=1S/C8H9Cl2N3/c9-6-2-5(8(12)13)7(10)1-4(6)3-11/h1-3H,11-13H2/b4-3+. The van der Waals surface area contributed by atoms with Gasteiger partial charge in [-0.2, -0.15) is 0 Å². The van der Waals surface area contributed by atoms with Gasteiger partial charge in [0.05, 0.1) is 10.0 Å². The van der Waals surface area contributed by atoms with Crippen LogP contribution < -0.4 is 27.6 Å². The lowest BCUT2D eigenvalue weighted by Crippen LogP contribution is -2.23. The summed E-state index contributed by atoms with van der Waals surface area (Å²) in [7, 11) is 0. The maximum Gasteiger partial charge on any atom is 0.102 e. The van der Waals surface area contributed by atoms with Crippen molar-refractivity contribution in [3.63, 3.8) is 0 Å². The Balaban J connectivity index is 3.67. The molecule has 6 N–H and O–H groups in total. The summed E-state index contributed by atoms with van der Waals surface area (Å²) in [6.45, 7) is 0. The van der Waals surface area contributed by atoms with Gasteiger partial charge < -0.3 is 17.2 Å². The minimum absolute atomic E-state index is 0.135. The molecule has 0 saturated heterocycles. The average molecular weight is 218 g/mol. The molecule has 0 aliphatic rings. The van der Waals surface area contributed by atoms with Crippen LogP contribution in [-0.4, -0.2) is 0 Å². The third-order valence-electron chi connectivity index (χ3n) is 1.58. The van der Waals surface area contributed by atoms with Gasteiger partial charge in [0.15, 0.2) is 0 Å².